The zero-order chi connectivity index (χ0) is 21.0. The van der Waals surface area contributed by atoms with E-state index in [4.69, 9.17) is 0 Å². The van der Waals surface area contributed by atoms with Gasteiger partial charge in [0.05, 0.1) is 17.7 Å². The largest absolute Gasteiger partial charge is 0.449 e. The molecule has 5 unspecified atom stereocenters. The number of carbonyl (C=O) groups excluding carboxylic acids is 3. The van der Waals surface area contributed by atoms with Crippen molar-refractivity contribution in [2.45, 2.75) is 66.7 Å². The van der Waals surface area contributed by atoms with Crippen molar-refractivity contribution < 1.29 is 32.3 Å². The summed E-state index contributed by atoms with van der Waals surface area (Å²) in [4.78, 5) is 36.5. The average Bonchev–Trinajstić information content (AvgIpc) is 3.26. The van der Waals surface area contributed by atoms with Crippen LogP contribution >= 0.6 is 23.5 Å². The molecule has 0 radical (unpaired) electrons. The van der Waals surface area contributed by atoms with Crippen LogP contribution in [-0.2, 0) is 14.3 Å². The van der Waals surface area contributed by atoms with Gasteiger partial charge in [0.25, 0.3) is 0 Å². The molecule has 3 N–H and O–H groups in total. The number of amides is 3. The Bertz CT molecular complexity index is 624. The van der Waals surface area contributed by atoms with Crippen LogP contribution in [0.25, 0.3) is 0 Å². The Morgan fingerprint density at radius 1 is 1.10 bits per heavy atom. The van der Waals surface area contributed by atoms with Gasteiger partial charge in [-0.1, -0.05) is 12.8 Å². The number of hydrogen-bond donors (Lipinski definition) is 3. The summed E-state index contributed by atoms with van der Waals surface area (Å²) in [6, 6.07) is 0.339. The molecule has 29 heavy (non-hydrogen) atoms. The maximum atomic E-state index is 12.6. The molecule has 0 aromatic heterocycles. The van der Waals surface area contributed by atoms with Crippen molar-refractivity contribution in [1.29, 1.82) is 0 Å². The molecule has 5 atom stereocenters. The fourth-order valence-electron chi connectivity index (χ4n) is 3.70. The summed E-state index contributed by atoms with van der Waals surface area (Å²) in [6.45, 7) is -0.852. The molecular weight excluding hydrogens is 431 g/mol. The molecule has 1 saturated carbocycles. The first kappa shape index (κ1) is 22.5. The van der Waals surface area contributed by atoms with E-state index < -0.39 is 42.5 Å². The number of halogens is 3. The first-order valence-electron chi connectivity index (χ1n) is 9.61. The van der Waals surface area contributed by atoms with E-state index in [9.17, 15) is 27.6 Å². The van der Waals surface area contributed by atoms with Crippen LogP contribution in [0, 0.1) is 5.92 Å². The summed E-state index contributed by atoms with van der Waals surface area (Å²) in [5, 5.41) is 7.78. The minimum Gasteiger partial charge on any atom is -0.449 e. The first-order valence-corrected chi connectivity index (χ1v) is 11.6. The number of nitrogens with one attached hydrogen (secondary N) is 3. The van der Waals surface area contributed by atoms with Crippen molar-refractivity contribution >= 4 is 41.4 Å². The Morgan fingerprint density at radius 3 is 2.59 bits per heavy atom. The van der Waals surface area contributed by atoms with Gasteiger partial charge in [-0.15, -0.1) is 23.5 Å². The summed E-state index contributed by atoms with van der Waals surface area (Å²) >= 11 is 3.03. The standard InChI is InChI=1S/C17H24F3N3O4S2/c18-17(19,20)6-7-27-16(26)23-12(24)9-5-8-28-14(9)22-13(25)15-21-10-3-1-2-4-11(10)29-15/h9-11,14-15,21H,1-8H2,(H,22,25)(H,23,24,26). The lowest BCUT2D eigenvalue weighted by molar-refractivity contribution is -0.141. The van der Waals surface area contributed by atoms with Gasteiger partial charge < -0.3 is 10.1 Å². The summed E-state index contributed by atoms with van der Waals surface area (Å²) in [7, 11) is 0. The predicted molar refractivity (Wildman–Crippen MR) is 103 cm³/mol. The Morgan fingerprint density at radius 2 is 1.86 bits per heavy atom. The average molecular weight is 456 g/mol. The van der Waals surface area contributed by atoms with E-state index in [1.54, 1.807) is 11.8 Å². The molecule has 2 aliphatic heterocycles. The minimum atomic E-state index is -4.44. The van der Waals surface area contributed by atoms with Crippen LogP contribution in [-0.4, -0.2) is 58.5 Å². The Balaban J connectivity index is 1.45. The quantitative estimate of drug-likeness (QED) is 0.586. The van der Waals surface area contributed by atoms with Crippen molar-refractivity contribution in [2.24, 2.45) is 5.92 Å². The highest BCUT2D eigenvalue weighted by atomic mass is 32.2. The molecule has 1 aliphatic carbocycles. The first-order chi connectivity index (χ1) is 13.7. The highest BCUT2D eigenvalue weighted by Gasteiger charge is 2.42. The second kappa shape index (κ2) is 9.78. The number of thioether (sulfide) groups is 2. The predicted octanol–water partition coefficient (Wildman–Crippen LogP) is 2.36. The van der Waals surface area contributed by atoms with Crippen molar-refractivity contribution in [2.75, 3.05) is 12.4 Å². The molecular formula is C17H24F3N3O4S2. The summed E-state index contributed by atoms with van der Waals surface area (Å²) in [5.41, 5.74) is 0. The van der Waals surface area contributed by atoms with Gasteiger partial charge >= 0.3 is 12.3 Å². The number of imide groups is 1. The maximum Gasteiger partial charge on any atom is 0.413 e. The molecule has 3 amide bonds. The highest BCUT2D eigenvalue weighted by molar-refractivity contribution is 8.01. The second-order valence-corrected chi connectivity index (χ2v) is 9.90. The van der Waals surface area contributed by atoms with Crippen LogP contribution in [0.5, 0.6) is 0 Å². The van der Waals surface area contributed by atoms with Crippen molar-refractivity contribution in [3.05, 3.63) is 0 Å². The van der Waals surface area contributed by atoms with Crippen LogP contribution in [0.3, 0.4) is 0 Å². The van der Waals surface area contributed by atoms with Crippen LogP contribution in [0.1, 0.15) is 38.5 Å². The monoisotopic (exact) mass is 455 g/mol. The van der Waals surface area contributed by atoms with E-state index >= 15 is 0 Å². The molecule has 0 aromatic carbocycles. The third-order valence-electron chi connectivity index (χ3n) is 5.17. The summed E-state index contributed by atoms with van der Waals surface area (Å²) < 4.78 is 40.7. The number of ether oxygens (including phenoxy) is 1. The molecule has 0 aromatic rings. The fraction of sp³-hybridized carbons (Fsp3) is 0.824. The molecule has 7 nitrogen and oxygen atoms in total. The summed E-state index contributed by atoms with van der Waals surface area (Å²) in [6.07, 6.45) is -2.00. The molecule has 164 valence electrons. The molecule has 2 heterocycles. The molecule has 3 aliphatic rings. The Hall–Kier alpha value is -1.14. The van der Waals surface area contributed by atoms with Crippen molar-refractivity contribution in [3.63, 3.8) is 0 Å². The zero-order valence-electron chi connectivity index (χ0n) is 15.6. The van der Waals surface area contributed by atoms with E-state index in [0.717, 1.165) is 19.3 Å². The third-order valence-corrected chi connectivity index (χ3v) is 7.99. The van der Waals surface area contributed by atoms with E-state index in [1.807, 2.05) is 5.32 Å². The Labute approximate surface area is 175 Å². The number of alkyl carbamates (subject to hydrolysis) is 1. The Kier molecular flexibility index (Phi) is 7.60. The number of fused-ring (bicyclic) bond motifs is 1. The smallest absolute Gasteiger partial charge is 0.413 e. The van der Waals surface area contributed by atoms with E-state index in [0.29, 0.717) is 23.5 Å². The third kappa shape index (κ3) is 6.42. The van der Waals surface area contributed by atoms with Gasteiger partial charge in [0.2, 0.25) is 11.8 Å². The minimum absolute atomic E-state index is 0.186. The van der Waals surface area contributed by atoms with Crippen molar-refractivity contribution in [3.8, 4) is 0 Å². The van der Waals surface area contributed by atoms with Gasteiger partial charge in [-0.2, -0.15) is 13.2 Å². The number of alkyl halides is 3. The topological polar surface area (TPSA) is 96.5 Å². The number of hydrogen-bond acceptors (Lipinski definition) is 7. The van der Waals surface area contributed by atoms with E-state index in [-0.39, 0.29) is 11.3 Å². The second-order valence-electron chi connectivity index (χ2n) is 7.30. The van der Waals surface area contributed by atoms with Gasteiger partial charge in [-0.25, -0.2) is 4.79 Å². The molecule has 0 bridgehead atoms. The molecule has 0 spiro atoms. The molecule has 3 fully saturated rings. The van der Waals surface area contributed by atoms with Gasteiger partial charge in [0.1, 0.15) is 12.0 Å². The number of carbonyl (C=O) groups is 3. The van der Waals surface area contributed by atoms with E-state index in [1.165, 1.54) is 18.2 Å². The van der Waals surface area contributed by atoms with Crippen LogP contribution < -0.4 is 16.0 Å². The van der Waals surface area contributed by atoms with Crippen LogP contribution in [0.15, 0.2) is 0 Å². The molecule has 12 heteroatoms. The van der Waals surface area contributed by atoms with E-state index in [2.05, 4.69) is 15.4 Å². The molecule has 2 saturated heterocycles. The van der Waals surface area contributed by atoms with Crippen LogP contribution in [0.2, 0.25) is 0 Å². The number of rotatable bonds is 5. The lowest BCUT2D eigenvalue weighted by atomic mass is 9.95. The maximum absolute atomic E-state index is 12.6. The SMILES string of the molecule is O=C(NC(=O)C1CCSC1NC(=O)C1NC2CCCCC2S1)OCCC(F)(F)F. The van der Waals surface area contributed by atoms with Crippen LogP contribution in [0.4, 0.5) is 18.0 Å². The summed E-state index contributed by atoms with van der Waals surface area (Å²) in [5.74, 6) is -0.858. The van der Waals surface area contributed by atoms with Gasteiger partial charge in [-0.05, 0) is 25.0 Å². The molecule has 3 rings (SSSR count). The normalized spacial score (nSPS) is 31.8. The lowest BCUT2D eigenvalue weighted by Gasteiger charge is -2.23. The fourth-order valence-corrected chi connectivity index (χ4v) is 6.54. The highest BCUT2D eigenvalue weighted by Crippen LogP contribution is 2.37. The van der Waals surface area contributed by atoms with Gasteiger partial charge in [-0.3, -0.25) is 20.2 Å². The van der Waals surface area contributed by atoms with Crippen molar-refractivity contribution in [1.82, 2.24) is 16.0 Å². The van der Waals surface area contributed by atoms with Gasteiger partial charge in [0.15, 0.2) is 0 Å². The zero-order valence-corrected chi connectivity index (χ0v) is 17.3. The lowest BCUT2D eigenvalue weighted by Crippen LogP contribution is -2.49. The van der Waals surface area contributed by atoms with Gasteiger partial charge in [0, 0.05) is 11.3 Å².